The van der Waals surface area contributed by atoms with Crippen LogP contribution in [0.25, 0.3) is 6.08 Å². The van der Waals surface area contributed by atoms with E-state index in [0.29, 0.717) is 23.6 Å². The van der Waals surface area contributed by atoms with E-state index >= 15 is 4.39 Å². The first kappa shape index (κ1) is 31.2. The molecule has 4 heteroatoms. The van der Waals surface area contributed by atoms with E-state index in [0.717, 1.165) is 47.4 Å². The number of hydrogen-bond acceptors (Lipinski definition) is 3. The molecule has 1 saturated heterocycles. The van der Waals surface area contributed by atoms with Crippen LogP contribution >= 0.6 is 0 Å². The summed E-state index contributed by atoms with van der Waals surface area (Å²) < 4.78 is 15.7. The van der Waals surface area contributed by atoms with Gasteiger partial charge in [0.1, 0.15) is 5.82 Å². The lowest BCUT2D eigenvalue weighted by atomic mass is 9.83. The fourth-order valence-corrected chi connectivity index (χ4v) is 5.12. The maximum atomic E-state index is 15.7. The highest BCUT2D eigenvalue weighted by atomic mass is 19.1. The van der Waals surface area contributed by atoms with E-state index in [1.54, 1.807) is 13.1 Å². The second-order valence-corrected chi connectivity index (χ2v) is 10.8. The zero-order valence-electron chi connectivity index (χ0n) is 25.0. The number of nitrogens with one attached hydrogen (secondary N) is 1. The molecule has 2 rings (SSSR count). The molecular formula is C34H48FN3. The normalized spacial score (nSPS) is 22.3. The fraction of sp³-hybridized carbons (Fsp3) is 0.441. The number of allylic oxidation sites excluding steroid dienone is 10. The van der Waals surface area contributed by atoms with Crippen molar-refractivity contribution in [1.82, 2.24) is 5.32 Å². The van der Waals surface area contributed by atoms with E-state index in [1.807, 2.05) is 45.0 Å². The lowest BCUT2D eigenvalue weighted by Gasteiger charge is -2.33. The number of benzene rings is 1. The molecule has 1 aromatic rings. The number of hydrogen-bond donors (Lipinski definition) is 1. The molecule has 1 aromatic carbocycles. The number of piperidine rings is 1. The first-order valence-corrected chi connectivity index (χ1v) is 13.7. The van der Waals surface area contributed by atoms with Crippen molar-refractivity contribution in [1.29, 1.82) is 0 Å². The molecule has 0 bridgehead atoms. The number of aliphatic imine (C=N–C) groups is 1. The molecule has 1 aliphatic heterocycles. The molecule has 0 radical (unpaired) electrons. The maximum Gasteiger partial charge on any atom is 0.133 e. The van der Waals surface area contributed by atoms with Crippen molar-refractivity contribution in [2.75, 3.05) is 26.0 Å². The number of anilines is 1. The molecule has 206 valence electrons. The van der Waals surface area contributed by atoms with Crippen molar-refractivity contribution in [2.24, 2.45) is 10.9 Å². The van der Waals surface area contributed by atoms with Gasteiger partial charge >= 0.3 is 0 Å². The maximum absolute atomic E-state index is 15.7. The topological polar surface area (TPSA) is 27.6 Å². The van der Waals surface area contributed by atoms with E-state index in [4.69, 9.17) is 0 Å². The molecule has 1 heterocycles. The average molecular weight is 518 g/mol. The van der Waals surface area contributed by atoms with Gasteiger partial charge in [0.25, 0.3) is 0 Å². The van der Waals surface area contributed by atoms with Gasteiger partial charge in [-0.05, 0) is 96.1 Å². The molecule has 0 aromatic heterocycles. The minimum absolute atomic E-state index is 0.216. The predicted octanol–water partition coefficient (Wildman–Crippen LogP) is 8.46. The van der Waals surface area contributed by atoms with E-state index in [2.05, 4.69) is 81.0 Å². The largest absolute Gasteiger partial charge is 0.377 e. The Morgan fingerprint density at radius 2 is 1.82 bits per heavy atom. The predicted molar refractivity (Wildman–Crippen MR) is 167 cm³/mol. The minimum atomic E-state index is -0.216. The van der Waals surface area contributed by atoms with Gasteiger partial charge in [-0.15, -0.1) is 0 Å². The molecule has 1 aliphatic rings. The molecule has 38 heavy (non-hydrogen) atoms. The Bertz CT molecular complexity index is 1150. The monoisotopic (exact) mass is 517 g/mol. The van der Waals surface area contributed by atoms with Gasteiger partial charge in [-0.2, -0.15) is 0 Å². The Kier molecular flexibility index (Phi) is 12.2. The van der Waals surface area contributed by atoms with E-state index in [-0.39, 0.29) is 5.82 Å². The Hall–Kier alpha value is -2.98. The van der Waals surface area contributed by atoms with Crippen molar-refractivity contribution in [3.05, 3.63) is 94.4 Å². The number of halogens is 1. The third-order valence-electron chi connectivity index (χ3n) is 7.35. The van der Waals surface area contributed by atoms with Crippen molar-refractivity contribution >= 4 is 17.5 Å². The van der Waals surface area contributed by atoms with Gasteiger partial charge in [0.15, 0.2) is 0 Å². The molecule has 0 amide bonds. The zero-order valence-corrected chi connectivity index (χ0v) is 25.0. The van der Waals surface area contributed by atoms with Crippen LogP contribution in [-0.2, 0) is 0 Å². The first-order chi connectivity index (χ1) is 18.0. The first-order valence-electron chi connectivity index (χ1n) is 13.7. The summed E-state index contributed by atoms with van der Waals surface area (Å²) in [5, 5.41) is 3.60. The van der Waals surface area contributed by atoms with Crippen LogP contribution in [0.3, 0.4) is 0 Å². The molecule has 1 unspecified atom stereocenters. The lowest BCUT2D eigenvalue weighted by molar-refractivity contribution is 0.291. The van der Waals surface area contributed by atoms with Crippen LogP contribution in [-0.4, -0.2) is 38.9 Å². The van der Waals surface area contributed by atoms with Crippen LogP contribution in [0.5, 0.6) is 0 Å². The summed E-state index contributed by atoms with van der Waals surface area (Å²) in [5.41, 5.74) is 7.75. The molecular weight excluding hydrogens is 469 g/mol. The van der Waals surface area contributed by atoms with Gasteiger partial charge in [0.05, 0.1) is 5.71 Å². The summed E-state index contributed by atoms with van der Waals surface area (Å²) in [6, 6.07) is 4.62. The molecule has 0 aliphatic carbocycles. The van der Waals surface area contributed by atoms with E-state index < -0.39 is 0 Å². The molecule has 0 spiro atoms. The van der Waals surface area contributed by atoms with Gasteiger partial charge in [0.2, 0.25) is 0 Å². The van der Waals surface area contributed by atoms with Crippen LogP contribution in [0.2, 0.25) is 0 Å². The van der Waals surface area contributed by atoms with Crippen LogP contribution in [0.1, 0.15) is 71.9 Å². The third-order valence-corrected chi connectivity index (χ3v) is 7.35. The SMILES string of the molecule is C=C/C(C)=C\C=C\CC(=C/C)/C(C)=C\C(=NC)c1cc(F)c(/C=C(\C)C2C[C@@H](C)N[C@@H](C)C2)c(N(C)C)c1. The van der Waals surface area contributed by atoms with Crippen molar-refractivity contribution in [3.8, 4) is 0 Å². The molecule has 3 nitrogen and oxygen atoms in total. The summed E-state index contributed by atoms with van der Waals surface area (Å²) in [6.45, 7) is 16.6. The summed E-state index contributed by atoms with van der Waals surface area (Å²) in [7, 11) is 5.70. The molecule has 1 fully saturated rings. The quantitative estimate of drug-likeness (QED) is 0.249. The Morgan fingerprint density at radius 1 is 1.16 bits per heavy atom. The highest BCUT2D eigenvalue weighted by molar-refractivity contribution is 6.10. The Morgan fingerprint density at radius 3 is 2.37 bits per heavy atom. The van der Waals surface area contributed by atoms with Crippen LogP contribution < -0.4 is 10.2 Å². The summed E-state index contributed by atoms with van der Waals surface area (Å²) in [6.07, 6.45) is 17.3. The summed E-state index contributed by atoms with van der Waals surface area (Å²) in [4.78, 5) is 6.53. The lowest BCUT2D eigenvalue weighted by Crippen LogP contribution is -2.42. The highest BCUT2D eigenvalue weighted by Gasteiger charge is 2.25. The Labute approximate surface area is 231 Å². The molecule has 3 atom stereocenters. The van der Waals surface area contributed by atoms with E-state index in [1.165, 1.54) is 11.1 Å². The van der Waals surface area contributed by atoms with Gasteiger partial charge in [0, 0.05) is 50.0 Å². The van der Waals surface area contributed by atoms with Crippen LogP contribution in [0.15, 0.2) is 82.5 Å². The average Bonchev–Trinajstić information content (AvgIpc) is 2.87. The number of rotatable bonds is 10. The van der Waals surface area contributed by atoms with Crippen molar-refractivity contribution in [2.45, 2.75) is 72.9 Å². The zero-order chi connectivity index (χ0) is 28.4. The summed E-state index contributed by atoms with van der Waals surface area (Å²) in [5.74, 6) is 0.240. The number of nitrogens with zero attached hydrogens (tertiary/aromatic N) is 2. The second kappa shape index (κ2) is 14.8. The highest BCUT2D eigenvalue weighted by Crippen LogP contribution is 2.32. The second-order valence-electron chi connectivity index (χ2n) is 10.8. The van der Waals surface area contributed by atoms with Gasteiger partial charge < -0.3 is 10.2 Å². The van der Waals surface area contributed by atoms with E-state index in [9.17, 15) is 0 Å². The Balaban J connectivity index is 2.39. The van der Waals surface area contributed by atoms with Crippen LogP contribution in [0, 0.1) is 11.7 Å². The smallest absolute Gasteiger partial charge is 0.133 e. The molecule has 0 saturated carbocycles. The summed E-state index contributed by atoms with van der Waals surface area (Å²) >= 11 is 0. The third kappa shape index (κ3) is 8.80. The van der Waals surface area contributed by atoms with Crippen molar-refractivity contribution in [3.63, 3.8) is 0 Å². The fourth-order valence-electron chi connectivity index (χ4n) is 5.12. The van der Waals surface area contributed by atoms with Gasteiger partial charge in [-0.25, -0.2) is 4.39 Å². The van der Waals surface area contributed by atoms with Gasteiger partial charge in [-0.1, -0.05) is 54.2 Å². The van der Waals surface area contributed by atoms with Crippen LogP contribution in [0.4, 0.5) is 10.1 Å². The minimum Gasteiger partial charge on any atom is -0.377 e. The van der Waals surface area contributed by atoms with Gasteiger partial charge in [-0.3, -0.25) is 4.99 Å². The standard InChI is InChI=1S/C34H48FN3/c1-11-23(3)15-13-14-16-28(12-2)25(5)18-33(36-8)30-21-32(35)31(34(22-30)38(9)10)17-24(4)29-19-26(6)37-27(7)20-29/h11-15,17-18,21-22,26-27,29,37H,1,16,19-20H2,2-10H3/b14-13+,23-15-,24-17+,25-18-,28-12-,36-33?/t26-,27+,29?. The van der Waals surface area contributed by atoms with Crippen molar-refractivity contribution < 1.29 is 4.39 Å². The molecule has 1 N–H and O–H groups in total.